The Labute approximate surface area is 61.8 Å². The number of nitrogens with one attached hydrogen (secondary N) is 1. The highest BCUT2D eigenvalue weighted by Gasteiger charge is 1.63. The Kier molecular flexibility index (Phi) is 35.4. The van der Waals surface area contributed by atoms with Crippen molar-refractivity contribution >= 4 is 33.1 Å². The number of rotatable bonds is 2. The summed E-state index contributed by atoms with van der Waals surface area (Å²) < 4.78 is 2.33. The summed E-state index contributed by atoms with van der Waals surface area (Å²) in [6, 6.07) is 0. The summed E-state index contributed by atoms with van der Waals surface area (Å²) in [7, 11) is 0. The van der Waals surface area contributed by atoms with Gasteiger partial charge in [-0.05, 0) is 6.92 Å². The van der Waals surface area contributed by atoms with Crippen LogP contribution in [0.1, 0.15) is 6.92 Å². The van der Waals surface area contributed by atoms with Gasteiger partial charge in [-0.2, -0.15) is 0 Å². The Morgan fingerprint density at radius 3 is 2.14 bits per heavy atom. The zero-order chi connectivity index (χ0) is 4.12. The van der Waals surface area contributed by atoms with Crippen molar-refractivity contribution in [2.45, 2.75) is 6.92 Å². The van der Waals surface area contributed by atoms with Gasteiger partial charge in [-0.15, -0.1) is 21.5 Å². The lowest BCUT2D eigenvalue weighted by atomic mass is 10.9. The van der Waals surface area contributed by atoms with Crippen molar-refractivity contribution in [1.82, 2.24) is 4.51 Å². The lowest BCUT2D eigenvalue weighted by molar-refractivity contribution is 0.119. The first-order valence-corrected chi connectivity index (χ1v) is 2.18. The molecule has 0 heterocycles. The van der Waals surface area contributed by atoms with Gasteiger partial charge in [0.15, 0.2) is 0 Å². The summed E-state index contributed by atoms with van der Waals surface area (Å²) in [5.74, 6) is 0. The summed E-state index contributed by atoms with van der Waals surface area (Å²) >= 11 is 2.84. The fourth-order valence-electron chi connectivity index (χ4n) is 0.0546. The SMILES string of the molecule is Br.CCONBr.O. The van der Waals surface area contributed by atoms with E-state index in [1.165, 1.54) is 0 Å². The van der Waals surface area contributed by atoms with Gasteiger partial charge < -0.3 is 5.48 Å². The molecule has 48 valence electrons. The molecule has 0 bridgehead atoms. The van der Waals surface area contributed by atoms with Crippen molar-refractivity contribution in [3.05, 3.63) is 0 Å². The van der Waals surface area contributed by atoms with E-state index in [2.05, 4.69) is 25.5 Å². The minimum Gasteiger partial charge on any atom is -0.412 e. The normalized spacial score (nSPS) is 6.00. The molecule has 0 aromatic carbocycles. The molecule has 3 nitrogen and oxygen atoms in total. The smallest absolute Gasteiger partial charge is 0.0664 e. The molecule has 0 aliphatic heterocycles. The number of hydrogen-bond donors (Lipinski definition) is 1. The molecule has 0 unspecified atom stereocenters. The maximum Gasteiger partial charge on any atom is 0.0664 e. The molecule has 0 amide bonds. The molecule has 0 saturated heterocycles. The first-order valence-electron chi connectivity index (χ1n) is 1.39. The van der Waals surface area contributed by atoms with E-state index in [0.717, 1.165) is 0 Å². The molecule has 0 aromatic rings. The van der Waals surface area contributed by atoms with E-state index in [1.54, 1.807) is 0 Å². The Hall–Kier alpha value is 0.840. The third kappa shape index (κ3) is 19.9. The van der Waals surface area contributed by atoms with Crippen molar-refractivity contribution in [3.63, 3.8) is 0 Å². The van der Waals surface area contributed by atoms with Crippen molar-refractivity contribution in [2.75, 3.05) is 6.61 Å². The van der Waals surface area contributed by atoms with Crippen LogP contribution in [0.5, 0.6) is 0 Å². The van der Waals surface area contributed by atoms with E-state index >= 15 is 0 Å². The lowest BCUT2D eigenvalue weighted by Crippen LogP contribution is -1.96. The third-order valence-electron chi connectivity index (χ3n) is 0.199. The van der Waals surface area contributed by atoms with Crippen molar-refractivity contribution < 1.29 is 10.3 Å². The number of hydrogen-bond acceptors (Lipinski definition) is 2. The van der Waals surface area contributed by atoms with Crippen LogP contribution in [0, 0.1) is 0 Å². The van der Waals surface area contributed by atoms with Gasteiger partial charge in [0.25, 0.3) is 0 Å². The Balaban J connectivity index is -0.0000000800. The van der Waals surface area contributed by atoms with Crippen LogP contribution in [0.15, 0.2) is 0 Å². The van der Waals surface area contributed by atoms with E-state index in [1.807, 2.05) is 6.92 Å². The average Bonchev–Trinajstić information content (AvgIpc) is 1.41. The molecule has 5 heteroatoms. The van der Waals surface area contributed by atoms with E-state index < -0.39 is 0 Å². The highest BCUT2D eigenvalue weighted by atomic mass is 79.9. The molecule has 0 aliphatic rings. The van der Waals surface area contributed by atoms with Gasteiger partial charge in [0.1, 0.15) is 0 Å². The number of halogens is 2. The Morgan fingerprint density at radius 2 is 2.14 bits per heavy atom. The molecule has 0 rings (SSSR count). The molecule has 0 aromatic heterocycles. The van der Waals surface area contributed by atoms with Crippen LogP contribution in [-0.4, -0.2) is 12.1 Å². The van der Waals surface area contributed by atoms with Gasteiger partial charge in [0.2, 0.25) is 0 Å². The molecule has 0 radical (unpaired) electrons. The van der Waals surface area contributed by atoms with Gasteiger partial charge in [-0.25, -0.2) is 0 Å². The van der Waals surface area contributed by atoms with Crippen LogP contribution < -0.4 is 4.51 Å². The van der Waals surface area contributed by atoms with Crippen molar-refractivity contribution in [2.24, 2.45) is 0 Å². The maximum atomic E-state index is 4.50. The van der Waals surface area contributed by atoms with Crippen LogP contribution in [0.4, 0.5) is 0 Å². The molecular weight excluding hydrogens is 230 g/mol. The molecule has 0 atom stereocenters. The summed E-state index contributed by atoms with van der Waals surface area (Å²) in [4.78, 5) is 4.50. The van der Waals surface area contributed by atoms with E-state index in [9.17, 15) is 0 Å². The Morgan fingerprint density at radius 1 is 1.71 bits per heavy atom. The summed E-state index contributed by atoms with van der Waals surface area (Å²) in [6.07, 6.45) is 0. The predicted octanol–water partition coefficient (Wildman–Crippen LogP) is 0.591. The molecule has 7 heavy (non-hydrogen) atoms. The monoisotopic (exact) mass is 237 g/mol. The maximum absolute atomic E-state index is 4.50. The van der Waals surface area contributed by atoms with Crippen LogP contribution >= 0.6 is 33.1 Å². The summed E-state index contributed by atoms with van der Waals surface area (Å²) in [5, 5.41) is 0. The van der Waals surface area contributed by atoms with Crippen LogP contribution in [-0.2, 0) is 4.84 Å². The zero-order valence-electron chi connectivity index (χ0n) is 3.90. The summed E-state index contributed by atoms with van der Waals surface area (Å²) in [6.45, 7) is 2.58. The van der Waals surface area contributed by atoms with Crippen LogP contribution in [0.2, 0.25) is 0 Å². The van der Waals surface area contributed by atoms with E-state index in [0.29, 0.717) is 6.61 Å². The molecule has 0 aliphatic carbocycles. The predicted molar refractivity (Wildman–Crippen MR) is 37.6 cm³/mol. The quantitative estimate of drug-likeness (QED) is 0.566. The van der Waals surface area contributed by atoms with Crippen LogP contribution in [0.25, 0.3) is 0 Å². The Bertz CT molecular complexity index is 21.2. The van der Waals surface area contributed by atoms with E-state index in [-0.39, 0.29) is 22.5 Å². The second-order valence-electron chi connectivity index (χ2n) is 0.510. The third-order valence-corrected chi connectivity index (χ3v) is 0.428. The highest BCUT2D eigenvalue weighted by Crippen LogP contribution is 1.66. The summed E-state index contributed by atoms with van der Waals surface area (Å²) in [5.41, 5.74) is 0. The topological polar surface area (TPSA) is 52.8 Å². The molecule has 0 fully saturated rings. The minimum absolute atomic E-state index is 0. The molecule has 3 N–H and O–H groups in total. The second-order valence-corrected chi connectivity index (χ2v) is 0.834. The second kappa shape index (κ2) is 15.8. The molecule has 0 spiro atoms. The first kappa shape index (κ1) is 15.7. The van der Waals surface area contributed by atoms with Gasteiger partial charge in [-0.1, -0.05) is 0 Å². The lowest BCUT2D eigenvalue weighted by Gasteiger charge is -1.86. The molecule has 0 saturated carbocycles. The zero-order valence-corrected chi connectivity index (χ0v) is 7.20. The fourth-order valence-corrected chi connectivity index (χ4v) is 0.283. The van der Waals surface area contributed by atoms with Gasteiger partial charge in [0.05, 0.1) is 6.61 Å². The fraction of sp³-hybridized carbons (Fsp3) is 1.00. The average molecular weight is 239 g/mol. The van der Waals surface area contributed by atoms with E-state index in [4.69, 9.17) is 0 Å². The van der Waals surface area contributed by atoms with Gasteiger partial charge >= 0.3 is 0 Å². The standard InChI is InChI=1S/C2H6BrNO.BrH.H2O/c1-2-5-4-3;;/h4H,2H2,1H3;1H;1H2. The first-order chi connectivity index (χ1) is 2.41. The van der Waals surface area contributed by atoms with Crippen molar-refractivity contribution in [1.29, 1.82) is 0 Å². The largest absolute Gasteiger partial charge is 0.412 e. The molecular formula is C2H9Br2NO2. The van der Waals surface area contributed by atoms with Crippen molar-refractivity contribution in [3.8, 4) is 0 Å². The minimum atomic E-state index is 0. The van der Waals surface area contributed by atoms with Crippen LogP contribution in [0.3, 0.4) is 0 Å². The van der Waals surface area contributed by atoms with Gasteiger partial charge in [0, 0.05) is 16.1 Å². The van der Waals surface area contributed by atoms with Gasteiger partial charge in [-0.3, -0.25) is 4.84 Å². The highest BCUT2D eigenvalue weighted by molar-refractivity contribution is 9.07.